The van der Waals surface area contributed by atoms with Crippen molar-refractivity contribution in [3.8, 4) is 0 Å². The lowest BCUT2D eigenvalue weighted by atomic mass is 10.1. The summed E-state index contributed by atoms with van der Waals surface area (Å²) >= 11 is 0. The summed E-state index contributed by atoms with van der Waals surface area (Å²) < 4.78 is 5.37. The van der Waals surface area contributed by atoms with Crippen LogP contribution in [0.4, 0.5) is 11.4 Å². The number of rotatable bonds is 4. The monoisotopic (exact) mass is 260 g/mol. The lowest BCUT2D eigenvalue weighted by Gasteiger charge is -2.17. The van der Waals surface area contributed by atoms with Crippen LogP contribution in [0.15, 0.2) is 24.3 Å². The minimum absolute atomic E-state index is 0.237. The second-order valence-corrected chi connectivity index (χ2v) is 5.31. The van der Waals surface area contributed by atoms with Gasteiger partial charge in [-0.15, -0.1) is 0 Å². The Bertz CT molecular complexity index is 455. The molecule has 4 heteroatoms. The highest BCUT2D eigenvalue weighted by molar-refractivity contribution is 5.95. The lowest BCUT2D eigenvalue weighted by molar-refractivity contribution is -0.117. The van der Waals surface area contributed by atoms with Gasteiger partial charge < -0.3 is 15.0 Å². The first-order chi connectivity index (χ1) is 9.33. The number of carbonyl (C=O) groups excluding carboxylic acids is 1. The third-order valence-electron chi connectivity index (χ3n) is 3.85. The van der Waals surface area contributed by atoms with Gasteiger partial charge in [0.25, 0.3) is 0 Å². The summed E-state index contributed by atoms with van der Waals surface area (Å²) in [6.45, 7) is 3.53. The van der Waals surface area contributed by atoms with Gasteiger partial charge in [0, 0.05) is 43.4 Å². The van der Waals surface area contributed by atoms with Gasteiger partial charge in [-0.25, -0.2) is 0 Å². The predicted octanol–water partition coefficient (Wildman–Crippen LogP) is 2.26. The average molecular weight is 260 g/mol. The van der Waals surface area contributed by atoms with Gasteiger partial charge in [-0.2, -0.15) is 0 Å². The van der Waals surface area contributed by atoms with Crippen LogP contribution in [0.3, 0.4) is 0 Å². The maximum absolute atomic E-state index is 11.7. The fourth-order valence-corrected chi connectivity index (χ4v) is 2.71. The molecule has 0 aromatic heterocycles. The number of hydrogen-bond acceptors (Lipinski definition) is 3. The Kier molecular flexibility index (Phi) is 3.69. The molecule has 1 unspecified atom stereocenters. The van der Waals surface area contributed by atoms with Crippen molar-refractivity contribution >= 4 is 17.3 Å². The molecular formula is C15H20N2O2. The molecular weight excluding hydrogens is 240 g/mol. The smallest absolute Gasteiger partial charge is 0.227 e. The molecule has 19 heavy (non-hydrogen) atoms. The van der Waals surface area contributed by atoms with Crippen molar-refractivity contribution in [3.05, 3.63) is 24.3 Å². The SMILES string of the molecule is O=C1CCCN1c1cccc(NCC2CCOC2)c1. The van der Waals surface area contributed by atoms with E-state index in [9.17, 15) is 4.79 Å². The van der Waals surface area contributed by atoms with Crippen LogP contribution in [0.25, 0.3) is 0 Å². The van der Waals surface area contributed by atoms with Gasteiger partial charge in [0.2, 0.25) is 5.91 Å². The Hall–Kier alpha value is -1.55. The van der Waals surface area contributed by atoms with Gasteiger partial charge in [0.15, 0.2) is 0 Å². The van der Waals surface area contributed by atoms with Crippen LogP contribution in [0.2, 0.25) is 0 Å². The molecule has 1 aromatic rings. The van der Waals surface area contributed by atoms with Crippen molar-refractivity contribution in [2.75, 3.05) is 36.5 Å². The first kappa shape index (κ1) is 12.5. The third kappa shape index (κ3) is 2.89. The standard InChI is InChI=1S/C15H20N2O2/c18-15-5-2-7-17(15)14-4-1-3-13(9-14)16-10-12-6-8-19-11-12/h1,3-4,9,12,16H,2,5-8,10-11H2. The summed E-state index contributed by atoms with van der Waals surface area (Å²) in [6.07, 6.45) is 2.78. The Morgan fingerprint density at radius 1 is 1.42 bits per heavy atom. The van der Waals surface area contributed by atoms with E-state index in [1.165, 1.54) is 0 Å². The van der Waals surface area contributed by atoms with Gasteiger partial charge in [0.05, 0.1) is 6.61 Å². The van der Waals surface area contributed by atoms with Crippen LogP contribution in [-0.2, 0) is 9.53 Å². The van der Waals surface area contributed by atoms with Gasteiger partial charge in [-0.3, -0.25) is 4.79 Å². The van der Waals surface area contributed by atoms with Gasteiger partial charge in [-0.05, 0) is 31.0 Å². The lowest BCUT2D eigenvalue weighted by Crippen LogP contribution is -2.23. The van der Waals surface area contributed by atoms with Crippen molar-refractivity contribution < 1.29 is 9.53 Å². The Balaban J connectivity index is 1.63. The highest BCUT2D eigenvalue weighted by atomic mass is 16.5. The van der Waals surface area contributed by atoms with Crippen LogP contribution >= 0.6 is 0 Å². The van der Waals surface area contributed by atoms with Gasteiger partial charge >= 0.3 is 0 Å². The molecule has 0 bridgehead atoms. The Morgan fingerprint density at radius 2 is 2.37 bits per heavy atom. The average Bonchev–Trinajstić information content (AvgIpc) is 3.08. The van der Waals surface area contributed by atoms with E-state index in [4.69, 9.17) is 4.74 Å². The van der Waals surface area contributed by atoms with E-state index in [0.29, 0.717) is 12.3 Å². The summed E-state index contributed by atoms with van der Waals surface area (Å²) in [5.74, 6) is 0.846. The molecule has 2 fully saturated rings. The molecule has 0 radical (unpaired) electrons. The van der Waals surface area contributed by atoms with Crippen molar-refractivity contribution in [2.24, 2.45) is 5.92 Å². The molecule has 1 N–H and O–H groups in total. The maximum Gasteiger partial charge on any atom is 0.227 e. The normalized spacial score (nSPS) is 23.1. The van der Waals surface area contributed by atoms with Crippen molar-refractivity contribution in [1.29, 1.82) is 0 Å². The summed E-state index contributed by atoms with van der Waals surface area (Å²) in [7, 11) is 0. The quantitative estimate of drug-likeness (QED) is 0.903. The molecule has 3 rings (SSSR count). The van der Waals surface area contributed by atoms with Crippen molar-refractivity contribution in [2.45, 2.75) is 19.3 Å². The van der Waals surface area contributed by atoms with Crippen molar-refractivity contribution in [3.63, 3.8) is 0 Å². The first-order valence-corrected chi connectivity index (χ1v) is 7.05. The third-order valence-corrected chi connectivity index (χ3v) is 3.85. The zero-order valence-electron chi connectivity index (χ0n) is 11.1. The van der Waals surface area contributed by atoms with Gasteiger partial charge in [0.1, 0.15) is 0 Å². The van der Waals surface area contributed by atoms with E-state index >= 15 is 0 Å². The molecule has 0 spiro atoms. The number of ether oxygens (including phenoxy) is 1. The van der Waals surface area contributed by atoms with Crippen LogP contribution in [0.1, 0.15) is 19.3 Å². The van der Waals surface area contributed by atoms with Gasteiger partial charge in [-0.1, -0.05) is 6.07 Å². The van der Waals surface area contributed by atoms with E-state index in [0.717, 1.165) is 50.5 Å². The molecule has 4 nitrogen and oxygen atoms in total. The molecule has 0 aliphatic carbocycles. The molecule has 2 aliphatic heterocycles. The Labute approximate surface area is 113 Å². The predicted molar refractivity (Wildman–Crippen MR) is 75.4 cm³/mol. The number of amides is 1. The number of nitrogens with one attached hydrogen (secondary N) is 1. The van der Waals surface area contributed by atoms with Crippen molar-refractivity contribution in [1.82, 2.24) is 0 Å². The minimum atomic E-state index is 0.237. The summed E-state index contributed by atoms with van der Waals surface area (Å²) in [5, 5.41) is 3.45. The topological polar surface area (TPSA) is 41.6 Å². The summed E-state index contributed by atoms with van der Waals surface area (Å²) in [6, 6.07) is 8.14. The molecule has 1 amide bonds. The molecule has 2 aliphatic rings. The second-order valence-electron chi connectivity index (χ2n) is 5.31. The highest BCUT2D eigenvalue weighted by Gasteiger charge is 2.21. The minimum Gasteiger partial charge on any atom is -0.385 e. The number of anilines is 2. The zero-order chi connectivity index (χ0) is 13.1. The van der Waals surface area contributed by atoms with E-state index in [2.05, 4.69) is 17.4 Å². The fourth-order valence-electron chi connectivity index (χ4n) is 2.71. The molecule has 2 heterocycles. The molecule has 1 atom stereocenters. The summed E-state index contributed by atoms with van der Waals surface area (Å²) in [4.78, 5) is 13.6. The van der Waals surface area contributed by atoms with E-state index in [-0.39, 0.29) is 5.91 Å². The molecule has 1 aromatic carbocycles. The largest absolute Gasteiger partial charge is 0.385 e. The molecule has 2 saturated heterocycles. The van der Waals surface area contributed by atoms with Crippen LogP contribution < -0.4 is 10.2 Å². The first-order valence-electron chi connectivity index (χ1n) is 7.05. The van der Waals surface area contributed by atoms with Crippen LogP contribution in [0.5, 0.6) is 0 Å². The van der Waals surface area contributed by atoms with Crippen LogP contribution in [-0.4, -0.2) is 32.2 Å². The van der Waals surface area contributed by atoms with E-state index in [1.54, 1.807) is 0 Å². The maximum atomic E-state index is 11.7. The van der Waals surface area contributed by atoms with E-state index in [1.807, 2.05) is 17.0 Å². The number of hydrogen-bond donors (Lipinski definition) is 1. The molecule has 102 valence electrons. The number of carbonyl (C=O) groups is 1. The zero-order valence-corrected chi connectivity index (χ0v) is 11.1. The summed E-state index contributed by atoms with van der Waals surface area (Å²) in [5.41, 5.74) is 2.10. The Morgan fingerprint density at radius 3 is 3.11 bits per heavy atom. The number of nitrogens with zero attached hydrogens (tertiary/aromatic N) is 1. The van der Waals surface area contributed by atoms with Crippen LogP contribution in [0, 0.1) is 5.92 Å². The molecule has 0 saturated carbocycles. The van der Waals surface area contributed by atoms with E-state index < -0.39 is 0 Å². The number of benzene rings is 1. The highest BCUT2D eigenvalue weighted by Crippen LogP contribution is 2.24. The fraction of sp³-hybridized carbons (Fsp3) is 0.533. The second kappa shape index (κ2) is 5.61.